The summed E-state index contributed by atoms with van der Waals surface area (Å²) in [6.07, 6.45) is 2.13. The van der Waals surface area contributed by atoms with Gasteiger partial charge in [0.25, 0.3) is 0 Å². The number of allylic oxidation sites excluding steroid dienone is 1. The minimum atomic E-state index is 0.729. The fraction of sp³-hybridized carbons (Fsp3) is 0.273. The van der Waals surface area contributed by atoms with Crippen LogP contribution in [0, 0.1) is 0 Å². The molecule has 0 aromatic heterocycles. The van der Waals surface area contributed by atoms with Gasteiger partial charge in [-0.25, -0.2) is 0 Å². The molecule has 0 spiro atoms. The van der Waals surface area contributed by atoms with Gasteiger partial charge < -0.3 is 5.32 Å². The molecule has 3 heteroatoms. The van der Waals surface area contributed by atoms with Gasteiger partial charge in [0.05, 0.1) is 15.2 Å². The van der Waals surface area contributed by atoms with Crippen molar-refractivity contribution in [3.05, 3.63) is 39.3 Å². The maximum absolute atomic E-state index is 5.95. The topological polar surface area (TPSA) is 12.0 Å². The van der Waals surface area contributed by atoms with E-state index < -0.39 is 0 Å². The SMILES string of the molecule is CC(C)=CCNc1cccc(Cl)c1Br. The van der Waals surface area contributed by atoms with Gasteiger partial charge in [-0.2, -0.15) is 0 Å². The van der Waals surface area contributed by atoms with Crippen LogP contribution in [0.25, 0.3) is 0 Å². The van der Waals surface area contributed by atoms with Crippen LogP contribution in [0.15, 0.2) is 34.3 Å². The Hall–Kier alpha value is -0.470. The molecule has 0 unspecified atom stereocenters. The summed E-state index contributed by atoms with van der Waals surface area (Å²) in [4.78, 5) is 0. The number of nitrogens with one attached hydrogen (secondary N) is 1. The van der Waals surface area contributed by atoms with Crippen LogP contribution in [0.4, 0.5) is 5.69 Å². The molecule has 14 heavy (non-hydrogen) atoms. The molecule has 1 aromatic rings. The van der Waals surface area contributed by atoms with Crippen LogP contribution in [0.5, 0.6) is 0 Å². The number of benzene rings is 1. The molecule has 76 valence electrons. The maximum Gasteiger partial charge on any atom is 0.0593 e. The summed E-state index contributed by atoms with van der Waals surface area (Å²) >= 11 is 9.39. The fourth-order valence-corrected chi connectivity index (χ4v) is 1.58. The monoisotopic (exact) mass is 273 g/mol. The van der Waals surface area contributed by atoms with E-state index in [1.165, 1.54) is 5.57 Å². The van der Waals surface area contributed by atoms with E-state index in [0.29, 0.717) is 0 Å². The summed E-state index contributed by atoms with van der Waals surface area (Å²) in [7, 11) is 0. The predicted octanol–water partition coefficient (Wildman–Crippen LogP) is 4.48. The lowest BCUT2D eigenvalue weighted by atomic mass is 10.3. The van der Waals surface area contributed by atoms with E-state index in [9.17, 15) is 0 Å². The molecule has 0 amide bonds. The smallest absolute Gasteiger partial charge is 0.0593 e. The number of halogens is 2. The summed E-state index contributed by atoms with van der Waals surface area (Å²) < 4.78 is 0.920. The van der Waals surface area contributed by atoms with Crippen molar-refractivity contribution in [2.75, 3.05) is 11.9 Å². The van der Waals surface area contributed by atoms with Gasteiger partial charge in [0, 0.05) is 6.54 Å². The van der Waals surface area contributed by atoms with E-state index in [1.54, 1.807) is 0 Å². The average molecular weight is 275 g/mol. The molecule has 0 saturated carbocycles. The molecule has 0 aliphatic carbocycles. The average Bonchev–Trinajstić information content (AvgIpc) is 2.12. The van der Waals surface area contributed by atoms with E-state index in [2.05, 4.69) is 41.2 Å². The molecule has 0 aliphatic rings. The molecule has 0 bridgehead atoms. The highest BCUT2D eigenvalue weighted by Crippen LogP contribution is 2.29. The second kappa shape index (κ2) is 5.42. The van der Waals surface area contributed by atoms with Crippen LogP contribution >= 0.6 is 27.5 Å². The lowest BCUT2D eigenvalue weighted by Gasteiger charge is -2.07. The largest absolute Gasteiger partial charge is 0.381 e. The molecule has 0 saturated heterocycles. The summed E-state index contributed by atoms with van der Waals surface area (Å²) in [6.45, 7) is 4.98. The number of rotatable bonds is 3. The molecule has 1 rings (SSSR count). The zero-order chi connectivity index (χ0) is 10.6. The molecule has 0 radical (unpaired) electrons. The van der Waals surface area contributed by atoms with Crippen molar-refractivity contribution in [2.45, 2.75) is 13.8 Å². The van der Waals surface area contributed by atoms with Crippen molar-refractivity contribution in [1.29, 1.82) is 0 Å². The van der Waals surface area contributed by atoms with Gasteiger partial charge in [0.2, 0.25) is 0 Å². The van der Waals surface area contributed by atoms with Crippen molar-refractivity contribution < 1.29 is 0 Å². The van der Waals surface area contributed by atoms with Crippen LogP contribution in [0.3, 0.4) is 0 Å². The Kier molecular flexibility index (Phi) is 4.49. The van der Waals surface area contributed by atoms with E-state index in [4.69, 9.17) is 11.6 Å². The van der Waals surface area contributed by atoms with Crippen molar-refractivity contribution in [3.63, 3.8) is 0 Å². The lowest BCUT2D eigenvalue weighted by molar-refractivity contribution is 1.26. The standard InChI is InChI=1S/C11H13BrClN/c1-8(2)6-7-14-10-5-3-4-9(13)11(10)12/h3-6,14H,7H2,1-2H3. The third-order valence-electron chi connectivity index (χ3n) is 1.75. The van der Waals surface area contributed by atoms with Crippen molar-refractivity contribution >= 4 is 33.2 Å². The van der Waals surface area contributed by atoms with Crippen molar-refractivity contribution in [1.82, 2.24) is 0 Å². The van der Waals surface area contributed by atoms with E-state index in [1.807, 2.05) is 18.2 Å². The summed E-state index contributed by atoms with van der Waals surface area (Å²) in [5.41, 5.74) is 2.32. The second-order valence-electron chi connectivity index (χ2n) is 3.26. The van der Waals surface area contributed by atoms with Crippen molar-refractivity contribution in [3.8, 4) is 0 Å². The van der Waals surface area contributed by atoms with Crippen LogP contribution < -0.4 is 5.32 Å². The van der Waals surface area contributed by atoms with Crippen LogP contribution in [0.1, 0.15) is 13.8 Å². The van der Waals surface area contributed by atoms with Crippen LogP contribution in [-0.2, 0) is 0 Å². The Morgan fingerprint density at radius 1 is 1.50 bits per heavy atom. The Morgan fingerprint density at radius 2 is 2.21 bits per heavy atom. The number of hydrogen-bond acceptors (Lipinski definition) is 1. The van der Waals surface area contributed by atoms with Gasteiger partial charge in [-0.15, -0.1) is 0 Å². The Balaban J connectivity index is 2.68. The van der Waals surface area contributed by atoms with Gasteiger partial charge in [-0.1, -0.05) is 29.3 Å². The number of hydrogen-bond donors (Lipinski definition) is 1. The Bertz CT molecular complexity index is 343. The first-order valence-corrected chi connectivity index (χ1v) is 5.59. The van der Waals surface area contributed by atoms with Gasteiger partial charge in [-0.3, -0.25) is 0 Å². The van der Waals surface area contributed by atoms with E-state index in [-0.39, 0.29) is 0 Å². The molecule has 1 nitrogen and oxygen atoms in total. The molecule has 0 fully saturated rings. The van der Waals surface area contributed by atoms with E-state index >= 15 is 0 Å². The normalized spacial score (nSPS) is 9.71. The second-order valence-corrected chi connectivity index (χ2v) is 4.46. The predicted molar refractivity (Wildman–Crippen MR) is 67.1 cm³/mol. The first-order valence-electron chi connectivity index (χ1n) is 4.42. The van der Waals surface area contributed by atoms with E-state index in [0.717, 1.165) is 21.7 Å². The summed E-state index contributed by atoms with van der Waals surface area (Å²) in [5, 5.41) is 4.01. The van der Waals surface area contributed by atoms with Gasteiger partial charge in [0.15, 0.2) is 0 Å². The first-order chi connectivity index (χ1) is 6.61. The Labute approximate surface area is 98.3 Å². The fourth-order valence-electron chi connectivity index (χ4n) is 1.01. The highest BCUT2D eigenvalue weighted by atomic mass is 79.9. The number of anilines is 1. The first kappa shape index (κ1) is 11.6. The third kappa shape index (κ3) is 3.35. The molecule has 0 heterocycles. The van der Waals surface area contributed by atoms with Gasteiger partial charge >= 0.3 is 0 Å². The zero-order valence-corrected chi connectivity index (χ0v) is 10.6. The van der Waals surface area contributed by atoms with Crippen LogP contribution in [0.2, 0.25) is 5.02 Å². The highest BCUT2D eigenvalue weighted by Gasteiger charge is 2.01. The van der Waals surface area contributed by atoms with Gasteiger partial charge in [0.1, 0.15) is 0 Å². The minimum absolute atomic E-state index is 0.729. The highest BCUT2D eigenvalue weighted by molar-refractivity contribution is 9.10. The van der Waals surface area contributed by atoms with Crippen LogP contribution in [-0.4, -0.2) is 6.54 Å². The molecular weight excluding hydrogens is 261 g/mol. The van der Waals surface area contributed by atoms with Gasteiger partial charge in [-0.05, 0) is 41.9 Å². The zero-order valence-electron chi connectivity index (χ0n) is 8.27. The molecule has 1 N–H and O–H groups in total. The third-order valence-corrected chi connectivity index (χ3v) is 3.15. The minimum Gasteiger partial charge on any atom is -0.381 e. The molecule has 0 aliphatic heterocycles. The quantitative estimate of drug-likeness (QED) is 0.801. The lowest BCUT2D eigenvalue weighted by Crippen LogP contribution is -1.99. The van der Waals surface area contributed by atoms with Crippen molar-refractivity contribution in [2.24, 2.45) is 0 Å². The molecule has 0 atom stereocenters. The summed E-state index contributed by atoms with van der Waals surface area (Å²) in [6, 6.07) is 5.78. The summed E-state index contributed by atoms with van der Waals surface area (Å²) in [5.74, 6) is 0. The maximum atomic E-state index is 5.95. The molecule has 1 aromatic carbocycles. The Morgan fingerprint density at radius 3 is 2.86 bits per heavy atom. The molecular formula is C11H13BrClN.